The lowest BCUT2D eigenvalue weighted by Crippen LogP contribution is -2.36. The van der Waals surface area contributed by atoms with Crippen LogP contribution >= 0.6 is 11.6 Å². The number of likely N-dealkylation sites (tertiary alicyclic amines) is 1. The lowest BCUT2D eigenvalue weighted by Gasteiger charge is -2.28. The van der Waals surface area contributed by atoms with Gasteiger partial charge < -0.3 is 16.0 Å². The van der Waals surface area contributed by atoms with Crippen molar-refractivity contribution in [2.24, 2.45) is 5.92 Å². The number of carbonyl (C=O) groups excluding carboxylic acids is 1. The van der Waals surface area contributed by atoms with E-state index in [0.29, 0.717) is 22.2 Å². The van der Waals surface area contributed by atoms with Crippen LogP contribution in [0, 0.1) is 5.92 Å². The summed E-state index contributed by atoms with van der Waals surface area (Å²) in [5, 5.41) is 3.45. The summed E-state index contributed by atoms with van der Waals surface area (Å²) in [4.78, 5) is 14.3. The molecule has 1 saturated heterocycles. The van der Waals surface area contributed by atoms with Gasteiger partial charge in [-0.05, 0) is 57.1 Å². The highest BCUT2D eigenvalue weighted by Gasteiger charge is 2.17. The monoisotopic (exact) mass is 281 g/mol. The van der Waals surface area contributed by atoms with Gasteiger partial charge in [-0.3, -0.25) is 4.79 Å². The number of carbonyl (C=O) groups is 1. The fraction of sp³-hybridized carbons (Fsp3) is 0.500. The third kappa shape index (κ3) is 3.85. The molecule has 4 nitrogen and oxygen atoms in total. The first-order valence-electron chi connectivity index (χ1n) is 6.58. The zero-order chi connectivity index (χ0) is 13.8. The number of benzene rings is 1. The Morgan fingerprint density at radius 1 is 1.47 bits per heavy atom. The lowest BCUT2D eigenvalue weighted by atomic mass is 9.97. The van der Waals surface area contributed by atoms with Crippen LogP contribution in [-0.4, -0.2) is 37.5 Å². The van der Waals surface area contributed by atoms with E-state index in [2.05, 4.69) is 17.3 Å². The highest BCUT2D eigenvalue weighted by Crippen LogP contribution is 2.20. The number of anilines is 1. The summed E-state index contributed by atoms with van der Waals surface area (Å²) in [6, 6.07) is 4.97. The first-order valence-corrected chi connectivity index (χ1v) is 6.96. The average molecular weight is 282 g/mol. The van der Waals surface area contributed by atoms with Gasteiger partial charge in [0, 0.05) is 12.1 Å². The molecule has 104 valence electrons. The summed E-state index contributed by atoms with van der Waals surface area (Å²) < 4.78 is 0. The van der Waals surface area contributed by atoms with E-state index in [1.165, 1.54) is 0 Å². The first kappa shape index (κ1) is 14.2. The van der Waals surface area contributed by atoms with Gasteiger partial charge in [0.15, 0.2) is 0 Å². The molecule has 0 bridgehead atoms. The summed E-state index contributed by atoms with van der Waals surface area (Å²) in [5.74, 6) is 0.493. The van der Waals surface area contributed by atoms with Crippen molar-refractivity contribution >= 4 is 23.2 Å². The van der Waals surface area contributed by atoms with Crippen molar-refractivity contribution in [1.29, 1.82) is 0 Å². The molecule has 0 aromatic heterocycles. The van der Waals surface area contributed by atoms with Gasteiger partial charge in [0.05, 0.1) is 10.7 Å². The molecule has 0 spiro atoms. The van der Waals surface area contributed by atoms with Crippen molar-refractivity contribution in [3.63, 3.8) is 0 Å². The normalized spacial score (nSPS) is 17.4. The highest BCUT2D eigenvalue weighted by atomic mass is 35.5. The number of hydrogen-bond donors (Lipinski definition) is 2. The standard InChI is InChI=1S/C14H20ClN3O/c1-18-6-4-10(5-7-18)9-17-14(19)11-2-3-12(15)13(16)8-11/h2-3,8,10H,4-7,9,16H2,1H3,(H,17,19). The Labute approximate surface area is 118 Å². The van der Waals surface area contributed by atoms with Crippen LogP contribution in [0.1, 0.15) is 23.2 Å². The van der Waals surface area contributed by atoms with Crippen LogP contribution in [0.5, 0.6) is 0 Å². The zero-order valence-corrected chi connectivity index (χ0v) is 11.9. The molecule has 1 heterocycles. The van der Waals surface area contributed by atoms with Crippen LogP contribution in [0.4, 0.5) is 5.69 Å². The van der Waals surface area contributed by atoms with E-state index >= 15 is 0 Å². The van der Waals surface area contributed by atoms with Crippen LogP contribution in [0.25, 0.3) is 0 Å². The molecule has 5 heteroatoms. The number of piperidine rings is 1. The summed E-state index contributed by atoms with van der Waals surface area (Å²) in [6.07, 6.45) is 2.28. The predicted molar refractivity (Wildman–Crippen MR) is 78.4 cm³/mol. The summed E-state index contributed by atoms with van der Waals surface area (Å²) in [6.45, 7) is 2.94. The molecular weight excluding hydrogens is 262 g/mol. The summed E-state index contributed by atoms with van der Waals surface area (Å²) >= 11 is 5.84. The van der Waals surface area contributed by atoms with Crippen LogP contribution < -0.4 is 11.1 Å². The Morgan fingerprint density at radius 3 is 2.79 bits per heavy atom. The number of halogens is 1. The van der Waals surface area contributed by atoms with E-state index in [1.807, 2.05) is 0 Å². The van der Waals surface area contributed by atoms with Gasteiger partial charge in [-0.15, -0.1) is 0 Å². The minimum Gasteiger partial charge on any atom is -0.398 e. The van der Waals surface area contributed by atoms with Crippen LogP contribution in [0.3, 0.4) is 0 Å². The van der Waals surface area contributed by atoms with Crippen LogP contribution in [0.15, 0.2) is 18.2 Å². The number of nitrogens with zero attached hydrogens (tertiary/aromatic N) is 1. The van der Waals surface area contributed by atoms with Gasteiger partial charge in [0.1, 0.15) is 0 Å². The smallest absolute Gasteiger partial charge is 0.251 e. The van der Waals surface area contributed by atoms with Gasteiger partial charge in [-0.2, -0.15) is 0 Å². The minimum absolute atomic E-state index is 0.0812. The molecule has 0 aliphatic carbocycles. The van der Waals surface area contributed by atoms with Crippen molar-refractivity contribution in [2.75, 3.05) is 32.4 Å². The molecule has 1 aromatic carbocycles. The van der Waals surface area contributed by atoms with E-state index in [9.17, 15) is 4.79 Å². The molecule has 0 radical (unpaired) electrons. The zero-order valence-electron chi connectivity index (χ0n) is 11.2. The van der Waals surface area contributed by atoms with Gasteiger partial charge >= 0.3 is 0 Å². The first-order chi connectivity index (χ1) is 9.06. The fourth-order valence-electron chi connectivity index (χ4n) is 2.29. The Morgan fingerprint density at radius 2 is 2.16 bits per heavy atom. The molecule has 1 aliphatic rings. The molecule has 0 unspecified atom stereocenters. The fourth-order valence-corrected chi connectivity index (χ4v) is 2.41. The largest absolute Gasteiger partial charge is 0.398 e. The van der Waals surface area contributed by atoms with E-state index in [1.54, 1.807) is 18.2 Å². The Balaban J connectivity index is 1.85. The van der Waals surface area contributed by atoms with Crippen molar-refractivity contribution < 1.29 is 4.79 Å². The number of rotatable bonds is 3. The highest BCUT2D eigenvalue weighted by molar-refractivity contribution is 6.33. The molecule has 1 aromatic rings. The SMILES string of the molecule is CN1CCC(CNC(=O)c2ccc(Cl)c(N)c2)CC1. The third-order valence-corrected chi connectivity index (χ3v) is 3.99. The van der Waals surface area contributed by atoms with Gasteiger partial charge in [-0.1, -0.05) is 11.6 Å². The van der Waals surface area contributed by atoms with E-state index in [0.717, 1.165) is 32.5 Å². The number of nitrogens with one attached hydrogen (secondary N) is 1. The van der Waals surface area contributed by atoms with E-state index in [-0.39, 0.29) is 5.91 Å². The van der Waals surface area contributed by atoms with Crippen molar-refractivity contribution in [3.8, 4) is 0 Å². The molecular formula is C14H20ClN3O. The molecule has 19 heavy (non-hydrogen) atoms. The molecule has 2 rings (SSSR count). The summed E-state index contributed by atoms with van der Waals surface area (Å²) in [5.41, 5.74) is 6.70. The maximum absolute atomic E-state index is 12.0. The maximum Gasteiger partial charge on any atom is 0.251 e. The second-order valence-electron chi connectivity index (χ2n) is 5.19. The lowest BCUT2D eigenvalue weighted by molar-refractivity contribution is 0.0939. The third-order valence-electron chi connectivity index (χ3n) is 3.65. The Hall–Kier alpha value is -1.26. The quantitative estimate of drug-likeness (QED) is 0.833. The average Bonchev–Trinajstić information content (AvgIpc) is 2.41. The van der Waals surface area contributed by atoms with Gasteiger partial charge in [0.25, 0.3) is 5.91 Å². The molecule has 3 N–H and O–H groups in total. The maximum atomic E-state index is 12.0. The van der Waals surface area contributed by atoms with Gasteiger partial charge in [-0.25, -0.2) is 0 Å². The molecule has 1 aliphatic heterocycles. The van der Waals surface area contributed by atoms with Crippen LogP contribution in [-0.2, 0) is 0 Å². The molecule has 0 atom stereocenters. The van der Waals surface area contributed by atoms with Crippen molar-refractivity contribution in [1.82, 2.24) is 10.2 Å². The molecule has 0 saturated carbocycles. The van der Waals surface area contributed by atoms with Crippen molar-refractivity contribution in [2.45, 2.75) is 12.8 Å². The van der Waals surface area contributed by atoms with E-state index in [4.69, 9.17) is 17.3 Å². The second-order valence-corrected chi connectivity index (χ2v) is 5.60. The number of nitrogen functional groups attached to an aromatic ring is 1. The summed E-state index contributed by atoms with van der Waals surface area (Å²) in [7, 11) is 2.13. The molecule has 1 fully saturated rings. The Kier molecular flexibility index (Phi) is 4.66. The molecule has 1 amide bonds. The van der Waals surface area contributed by atoms with E-state index < -0.39 is 0 Å². The Bertz CT molecular complexity index is 456. The topological polar surface area (TPSA) is 58.4 Å². The number of amides is 1. The minimum atomic E-state index is -0.0812. The predicted octanol–water partition coefficient (Wildman–Crippen LogP) is 1.99. The van der Waals surface area contributed by atoms with Crippen LogP contribution in [0.2, 0.25) is 5.02 Å². The van der Waals surface area contributed by atoms with Gasteiger partial charge in [0.2, 0.25) is 0 Å². The number of hydrogen-bond acceptors (Lipinski definition) is 3. The second kappa shape index (κ2) is 6.26. The number of nitrogens with two attached hydrogens (primary N) is 1. The van der Waals surface area contributed by atoms with Crippen molar-refractivity contribution in [3.05, 3.63) is 28.8 Å².